The van der Waals surface area contributed by atoms with Crippen LogP contribution in [0.25, 0.3) is 0 Å². The van der Waals surface area contributed by atoms with E-state index in [0.717, 1.165) is 18.5 Å². The molecule has 5 heteroatoms. The number of para-hydroxylation sites is 1. The molecule has 1 amide bonds. The van der Waals surface area contributed by atoms with Gasteiger partial charge in [0.25, 0.3) is 0 Å². The number of nitrogens with zero attached hydrogens (tertiary/aromatic N) is 1. The summed E-state index contributed by atoms with van der Waals surface area (Å²) in [6.45, 7) is 0.519. The van der Waals surface area contributed by atoms with Crippen LogP contribution in [-0.2, 0) is 16.0 Å². The molecule has 1 heterocycles. The largest absolute Gasteiger partial charge is 0.389 e. The van der Waals surface area contributed by atoms with Crippen molar-refractivity contribution < 1.29 is 14.6 Å². The Bertz CT molecular complexity index is 464. The third-order valence-corrected chi connectivity index (χ3v) is 3.57. The molecule has 1 aromatic rings. The maximum Gasteiger partial charge on any atom is 0.244 e. The number of benzene rings is 1. The lowest BCUT2D eigenvalue weighted by Crippen LogP contribution is -2.45. The van der Waals surface area contributed by atoms with Gasteiger partial charge in [0, 0.05) is 26.4 Å². The number of anilines is 1. The van der Waals surface area contributed by atoms with Gasteiger partial charge in [0.05, 0.1) is 12.7 Å². The third kappa shape index (κ3) is 3.49. The molecule has 0 aromatic heterocycles. The van der Waals surface area contributed by atoms with Crippen LogP contribution in [0.4, 0.5) is 5.69 Å². The van der Waals surface area contributed by atoms with Gasteiger partial charge in [-0.05, 0) is 24.5 Å². The van der Waals surface area contributed by atoms with Crippen molar-refractivity contribution in [3.8, 4) is 0 Å². The molecule has 20 heavy (non-hydrogen) atoms. The lowest BCUT2D eigenvalue weighted by Gasteiger charge is -2.30. The number of carbonyl (C=O) groups excluding carboxylic acids is 1. The Kier molecular flexibility index (Phi) is 4.98. The van der Waals surface area contributed by atoms with Gasteiger partial charge in [0.2, 0.25) is 5.91 Å². The molecule has 1 aliphatic heterocycles. The lowest BCUT2D eigenvalue weighted by molar-refractivity contribution is -0.132. The number of likely N-dealkylation sites (N-methyl/N-ethyl adjacent to an activating group) is 1. The molecule has 5 nitrogen and oxygen atoms in total. The first-order valence-electron chi connectivity index (χ1n) is 6.88. The van der Waals surface area contributed by atoms with Crippen LogP contribution < -0.4 is 5.32 Å². The van der Waals surface area contributed by atoms with Gasteiger partial charge in [0.15, 0.2) is 0 Å². The molecule has 0 aliphatic carbocycles. The monoisotopic (exact) mass is 278 g/mol. The van der Waals surface area contributed by atoms with Crippen molar-refractivity contribution in [3.05, 3.63) is 29.8 Å². The van der Waals surface area contributed by atoms with Crippen LogP contribution in [0, 0.1) is 0 Å². The SMILES string of the molecule is COCC(O)CN(C)C(=O)C1CCc2ccccc2N1. The van der Waals surface area contributed by atoms with Gasteiger partial charge in [-0.25, -0.2) is 0 Å². The Balaban J connectivity index is 1.94. The van der Waals surface area contributed by atoms with Crippen molar-refractivity contribution in [3.63, 3.8) is 0 Å². The Morgan fingerprint density at radius 2 is 2.30 bits per heavy atom. The van der Waals surface area contributed by atoms with Gasteiger partial charge < -0.3 is 20.1 Å². The summed E-state index contributed by atoms with van der Waals surface area (Å²) in [5, 5.41) is 13.0. The number of carbonyl (C=O) groups is 1. The van der Waals surface area contributed by atoms with E-state index in [1.807, 2.05) is 18.2 Å². The van der Waals surface area contributed by atoms with Crippen LogP contribution in [-0.4, -0.2) is 55.4 Å². The normalized spacial score (nSPS) is 18.9. The van der Waals surface area contributed by atoms with Crippen molar-refractivity contribution in [2.24, 2.45) is 0 Å². The van der Waals surface area contributed by atoms with E-state index < -0.39 is 6.10 Å². The minimum absolute atomic E-state index is 0.00894. The van der Waals surface area contributed by atoms with Crippen molar-refractivity contribution in [2.75, 3.05) is 32.6 Å². The molecular formula is C15H22N2O3. The third-order valence-electron chi connectivity index (χ3n) is 3.57. The number of hydrogen-bond donors (Lipinski definition) is 2. The van der Waals surface area contributed by atoms with Crippen molar-refractivity contribution in [2.45, 2.75) is 25.0 Å². The number of methoxy groups -OCH3 is 1. The molecule has 2 N–H and O–H groups in total. The summed E-state index contributed by atoms with van der Waals surface area (Å²) < 4.78 is 4.87. The summed E-state index contributed by atoms with van der Waals surface area (Å²) in [7, 11) is 3.24. The second kappa shape index (κ2) is 6.72. The summed E-state index contributed by atoms with van der Waals surface area (Å²) in [6.07, 6.45) is 1.03. The quantitative estimate of drug-likeness (QED) is 0.839. The van der Waals surface area contributed by atoms with E-state index >= 15 is 0 Å². The molecule has 0 bridgehead atoms. The first-order chi connectivity index (χ1) is 9.61. The second-order valence-electron chi connectivity index (χ2n) is 5.22. The first-order valence-corrected chi connectivity index (χ1v) is 6.88. The number of hydrogen-bond acceptors (Lipinski definition) is 4. The highest BCUT2D eigenvalue weighted by Crippen LogP contribution is 2.24. The van der Waals surface area contributed by atoms with Crippen LogP contribution >= 0.6 is 0 Å². The van der Waals surface area contributed by atoms with Gasteiger partial charge in [-0.1, -0.05) is 18.2 Å². The zero-order valence-electron chi connectivity index (χ0n) is 12.0. The fraction of sp³-hybridized carbons (Fsp3) is 0.533. The molecule has 0 radical (unpaired) electrons. The average Bonchev–Trinajstić information content (AvgIpc) is 2.46. The van der Waals surface area contributed by atoms with E-state index in [9.17, 15) is 9.90 Å². The fourth-order valence-corrected chi connectivity index (χ4v) is 2.54. The number of fused-ring (bicyclic) bond motifs is 1. The minimum Gasteiger partial charge on any atom is -0.389 e. The van der Waals surface area contributed by atoms with Crippen LogP contribution in [0.2, 0.25) is 0 Å². The Labute approximate surface area is 119 Å². The number of ether oxygens (including phenoxy) is 1. The average molecular weight is 278 g/mol. The zero-order valence-corrected chi connectivity index (χ0v) is 12.0. The van der Waals surface area contributed by atoms with Gasteiger partial charge in [-0.2, -0.15) is 0 Å². The molecule has 2 rings (SSSR count). The maximum absolute atomic E-state index is 12.4. The van der Waals surface area contributed by atoms with E-state index in [4.69, 9.17) is 4.74 Å². The van der Waals surface area contributed by atoms with Crippen molar-refractivity contribution in [1.29, 1.82) is 0 Å². The summed E-state index contributed by atoms with van der Waals surface area (Å²) >= 11 is 0. The second-order valence-corrected chi connectivity index (χ2v) is 5.22. The smallest absolute Gasteiger partial charge is 0.244 e. The predicted octanol–water partition coefficient (Wildman–Crippen LogP) is 0.879. The van der Waals surface area contributed by atoms with Gasteiger partial charge in [-0.15, -0.1) is 0 Å². The van der Waals surface area contributed by atoms with Crippen LogP contribution in [0.3, 0.4) is 0 Å². The topological polar surface area (TPSA) is 61.8 Å². The van der Waals surface area contributed by atoms with Crippen LogP contribution in [0.5, 0.6) is 0 Å². The zero-order chi connectivity index (χ0) is 14.5. The number of amides is 1. The summed E-state index contributed by atoms with van der Waals surface area (Å²) in [6, 6.07) is 7.83. The molecular weight excluding hydrogens is 256 g/mol. The van der Waals surface area contributed by atoms with Crippen molar-refractivity contribution >= 4 is 11.6 Å². The predicted molar refractivity (Wildman–Crippen MR) is 77.7 cm³/mol. The highest BCUT2D eigenvalue weighted by molar-refractivity contribution is 5.85. The summed E-state index contributed by atoms with van der Waals surface area (Å²) in [5.41, 5.74) is 2.28. The summed E-state index contributed by atoms with van der Waals surface area (Å²) in [5.74, 6) is 0.00894. The van der Waals surface area contributed by atoms with Gasteiger partial charge >= 0.3 is 0 Å². The Morgan fingerprint density at radius 1 is 1.55 bits per heavy atom. The Morgan fingerprint density at radius 3 is 3.05 bits per heavy atom. The highest BCUT2D eigenvalue weighted by atomic mass is 16.5. The number of aryl methyl sites for hydroxylation is 1. The fourth-order valence-electron chi connectivity index (χ4n) is 2.54. The summed E-state index contributed by atoms with van der Waals surface area (Å²) in [4.78, 5) is 13.9. The first kappa shape index (κ1) is 14.8. The molecule has 2 atom stereocenters. The van der Waals surface area contributed by atoms with E-state index in [-0.39, 0.29) is 25.1 Å². The molecule has 0 saturated carbocycles. The van der Waals surface area contributed by atoms with Crippen molar-refractivity contribution in [1.82, 2.24) is 4.90 Å². The van der Waals surface area contributed by atoms with E-state index in [1.165, 1.54) is 12.7 Å². The van der Waals surface area contributed by atoms with Gasteiger partial charge in [0.1, 0.15) is 6.04 Å². The number of rotatable bonds is 5. The molecule has 0 fully saturated rings. The number of aliphatic hydroxyl groups excluding tert-OH is 1. The van der Waals surface area contributed by atoms with E-state index in [0.29, 0.717) is 0 Å². The Hall–Kier alpha value is -1.59. The van der Waals surface area contributed by atoms with E-state index in [2.05, 4.69) is 11.4 Å². The van der Waals surface area contributed by atoms with Crippen LogP contribution in [0.15, 0.2) is 24.3 Å². The highest BCUT2D eigenvalue weighted by Gasteiger charge is 2.26. The maximum atomic E-state index is 12.4. The lowest BCUT2D eigenvalue weighted by atomic mass is 9.97. The standard InChI is InChI=1S/C15H22N2O3/c1-17(9-12(18)10-20-2)15(19)14-8-7-11-5-3-4-6-13(11)16-14/h3-6,12,14,16,18H,7-10H2,1-2H3. The molecule has 0 spiro atoms. The molecule has 110 valence electrons. The molecule has 1 aliphatic rings. The molecule has 0 saturated heterocycles. The minimum atomic E-state index is -0.648. The van der Waals surface area contributed by atoms with Crippen LogP contribution in [0.1, 0.15) is 12.0 Å². The number of aliphatic hydroxyl groups is 1. The molecule has 2 unspecified atom stereocenters. The molecule has 1 aromatic carbocycles. The van der Waals surface area contributed by atoms with E-state index in [1.54, 1.807) is 11.9 Å². The number of nitrogens with one attached hydrogen (secondary N) is 1. The van der Waals surface area contributed by atoms with Gasteiger partial charge in [-0.3, -0.25) is 4.79 Å².